The molecule has 6 nitrogen and oxygen atoms in total. The summed E-state index contributed by atoms with van der Waals surface area (Å²) in [6.45, 7) is 1.77. The molecule has 31 heavy (non-hydrogen) atoms. The van der Waals surface area contributed by atoms with Gasteiger partial charge in [-0.3, -0.25) is 9.52 Å². The molecule has 0 atom stereocenters. The van der Waals surface area contributed by atoms with Crippen molar-refractivity contribution in [3.8, 4) is 0 Å². The van der Waals surface area contributed by atoms with Crippen LogP contribution in [0.25, 0.3) is 0 Å². The second kappa shape index (κ2) is 9.03. The molecule has 0 fully saturated rings. The van der Waals surface area contributed by atoms with E-state index < -0.39 is 10.0 Å². The SMILES string of the molecule is C/C(=N/NC(=O)c1csc2c1CCCC2)c1cccc(NS(=O)(=O)c2ccccc2)c1. The van der Waals surface area contributed by atoms with Gasteiger partial charge >= 0.3 is 0 Å². The monoisotopic (exact) mass is 453 g/mol. The van der Waals surface area contributed by atoms with E-state index in [0.717, 1.165) is 24.8 Å². The summed E-state index contributed by atoms with van der Waals surface area (Å²) < 4.78 is 27.7. The fraction of sp³-hybridized carbons (Fsp3) is 0.217. The third kappa shape index (κ3) is 4.86. The molecule has 0 saturated carbocycles. The first-order chi connectivity index (χ1) is 14.9. The van der Waals surface area contributed by atoms with Gasteiger partial charge in [0.05, 0.1) is 16.2 Å². The maximum absolute atomic E-state index is 12.6. The zero-order chi connectivity index (χ0) is 21.8. The average molecular weight is 454 g/mol. The molecule has 1 amide bonds. The molecule has 0 radical (unpaired) electrons. The number of nitrogens with zero attached hydrogens (tertiary/aromatic N) is 1. The first-order valence-electron chi connectivity index (χ1n) is 10.1. The number of hydrazone groups is 1. The highest BCUT2D eigenvalue weighted by Crippen LogP contribution is 2.30. The number of anilines is 1. The van der Waals surface area contributed by atoms with Crippen molar-refractivity contribution in [1.29, 1.82) is 0 Å². The summed E-state index contributed by atoms with van der Waals surface area (Å²) >= 11 is 1.64. The van der Waals surface area contributed by atoms with E-state index in [2.05, 4.69) is 15.2 Å². The van der Waals surface area contributed by atoms with Crippen LogP contribution in [0.5, 0.6) is 0 Å². The van der Waals surface area contributed by atoms with Crippen LogP contribution in [-0.2, 0) is 22.9 Å². The van der Waals surface area contributed by atoms with E-state index in [-0.39, 0.29) is 10.8 Å². The molecule has 160 valence electrons. The molecule has 0 aliphatic heterocycles. The quantitative estimate of drug-likeness (QED) is 0.423. The Balaban J connectivity index is 1.48. The van der Waals surface area contributed by atoms with E-state index >= 15 is 0 Å². The highest BCUT2D eigenvalue weighted by atomic mass is 32.2. The van der Waals surface area contributed by atoms with Crippen LogP contribution in [0.15, 0.2) is 70.0 Å². The Hall–Kier alpha value is -2.97. The summed E-state index contributed by atoms with van der Waals surface area (Å²) in [5, 5.41) is 6.15. The van der Waals surface area contributed by atoms with Gasteiger partial charge in [-0.05, 0) is 68.0 Å². The predicted octanol–water partition coefficient (Wildman–Crippen LogP) is 4.58. The second-order valence-electron chi connectivity index (χ2n) is 7.40. The molecule has 1 aliphatic rings. The molecule has 4 rings (SSSR count). The van der Waals surface area contributed by atoms with Gasteiger partial charge in [0.25, 0.3) is 15.9 Å². The van der Waals surface area contributed by atoms with E-state index in [1.807, 2.05) is 11.4 Å². The van der Waals surface area contributed by atoms with Crippen molar-refractivity contribution >= 4 is 38.7 Å². The van der Waals surface area contributed by atoms with E-state index in [9.17, 15) is 13.2 Å². The van der Waals surface area contributed by atoms with Gasteiger partial charge in [0, 0.05) is 15.9 Å². The Kier molecular flexibility index (Phi) is 6.20. The van der Waals surface area contributed by atoms with Gasteiger partial charge in [-0.1, -0.05) is 30.3 Å². The molecule has 1 aromatic heterocycles. The number of sulfonamides is 1. The summed E-state index contributed by atoms with van der Waals surface area (Å²) in [5.41, 5.74) is 6.22. The van der Waals surface area contributed by atoms with Crippen LogP contribution in [0.4, 0.5) is 5.69 Å². The van der Waals surface area contributed by atoms with Gasteiger partial charge in [-0.2, -0.15) is 5.10 Å². The minimum Gasteiger partial charge on any atom is -0.280 e. The minimum absolute atomic E-state index is 0.192. The summed E-state index contributed by atoms with van der Waals surface area (Å²) in [6, 6.07) is 15.1. The Bertz CT molecular complexity index is 1230. The first kappa shape index (κ1) is 21.3. The molecule has 0 saturated heterocycles. The van der Waals surface area contributed by atoms with Crippen molar-refractivity contribution in [2.75, 3.05) is 4.72 Å². The van der Waals surface area contributed by atoms with E-state index in [0.29, 0.717) is 22.5 Å². The lowest BCUT2D eigenvalue weighted by molar-refractivity contribution is 0.0954. The molecule has 3 aromatic rings. The topological polar surface area (TPSA) is 87.6 Å². The van der Waals surface area contributed by atoms with Gasteiger partial charge in [0.2, 0.25) is 0 Å². The normalized spacial score (nSPS) is 14.0. The lowest BCUT2D eigenvalue weighted by Gasteiger charge is -2.12. The zero-order valence-corrected chi connectivity index (χ0v) is 18.7. The Labute approximate surface area is 186 Å². The van der Waals surface area contributed by atoms with E-state index in [4.69, 9.17) is 0 Å². The van der Waals surface area contributed by atoms with Crippen LogP contribution in [0.2, 0.25) is 0 Å². The molecule has 0 unspecified atom stereocenters. The third-order valence-electron chi connectivity index (χ3n) is 5.22. The van der Waals surface area contributed by atoms with Gasteiger partial charge in [-0.25, -0.2) is 13.8 Å². The largest absolute Gasteiger partial charge is 0.280 e. The van der Waals surface area contributed by atoms with Gasteiger partial charge < -0.3 is 0 Å². The molecule has 1 heterocycles. The van der Waals surface area contributed by atoms with Crippen LogP contribution in [0, 0.1) is 0 Å². The van der Waals surface area contributed by atoms with Crippen LogP contribution < -0.4 is 10.1 Å². The number of fused-ring (bicyclic) bond motifs is 1. The molecule has 1 aliphatic carbocycles. The number of nitrogens with one attached hydrogen (secondary N) is 2. The van der Waals surface area contributed by atoms with Crippen LogP contribution in [0.1, 0.15) is 46.1 Å². The number of hydrogen-bond acceptors (Lipinski definition) is 5. The molecule has 8 heteroatoms. The minimum atomic E-state index is -3.68. The number of amides is 1. The van der Waals surface area contributed by atoms with Crippen molar-refractivity contribution in [3.63, 3.8) is 0 Å². The van der Waals surface area contributed by atoms with Crippen molar-refractivity contribution in [2.24, 2.45) is 5.10 Å². The fourth-order valence-corrected chi connectivity index (χ4v) is 5.76. The lowest BCUT2D eigenvalue weighted by Crippen LogP contribution is -2.20. The van der Waals surface area contributed by atoms with Gasteiger partial charge in [0.1, 0.15) is 0 Å². The number of thiophene rings is 1. The average Bonchev–Trinajstić information content (AvgIpc) is 3.22. The summed E-state index contributed by atoms with van der Waals surface area (Å²) in [4.78, 5) is 14.1. The number of carbonyl (C=O) groups is 1. The molecular weight excluding hydrogens is 430 g/mol. The Morgan fingerprint density at radius 3 is 2.61 bits per heavy atom. The highest BCUT2D eigenvalue weighted by Gasteiger charge is 2.20. The van der Waals surface area contributed by atoms with E-state index in [1.165, 1.54) is 23.4 Å². The van der Waals surface area contributed by atoms with Crippen molar-refractivity contribution in [3.05, 3.63) is 81.5 Å². The number of benzene rings is 2. The number of aryl methyl sites for hydroxylation is 1. The zero-order valence-electron chi connectivity index (χ0n) is 17.1. The standard InChI is InChI=1S/C23H23N3O3S2/c1-16(24-25-23(27)21-15-30-22-13-6-5-12-20(21)22)17-8-7-9-18(14-17)26-31(28,29)19-10-3-2-4-11-19/h2-4,7-11,14-15,26H,5-6,12-13H2,1H3,(H,25,27)/b24-16-. The van der Waals surface area contributed by atoms with E-state index in [1.54, 1.807) is 54.7 Å². The first-order valence-corrected chi connectivity index (χ1v) is 12.4. The number of hydrogen-bond donors (Lipinski definition) is 2. The number of rotatable bonds is 6. The maximum Gasteiger partial charge on any atom is 0.272 e. The summed E-state index contributed by atoms with van der Waals surface area (Å²) in [7, 11) is -3.68. The van der Waals surface area contributed by atoms with Crippen LogP contribution in [0.3, 0.4) is 0 Å². The van der Waals surface area contributed by atoms with Crippen molar-refractivity contribution in [2.45, 2.75) is 37.5 Å². The van der Waals surface area contributed by atoms with Crippen molar-refractivity contribution < 1.29 is 13.2 Å². The predicted molar refractivity (Wildman–Crippen MR) is 124 cm³/mol. The lowest BCUT2D eigenvalue weighted by atomic mass is 9.96. The number of carbonyl (C=O) groups excluding carboxylic acids is 1. The fourth-order valence-electron chi connectivity index (χ4n) is 3.57. The molecule has 0 spiro atoms. The molecule has 0 bridgehead atoms. The maximum atomic E-state index is 12.6. The summed E-state index contributed by atoms with van der Waals surface area (Å²) in [6.07, 6.45) is 4.27. The smallest absolute Gasteiger partial charge is 0.272 e. The molecule has 2 aromatic carbocycles. The van der Waals surface area contributed by atoms with Crippen LogP contribution in [-0.4, -0.2) is 20.0 Å². The highest BCUT2D eigenvalue weighted by molar-refractivity contribution is 7.92. The molecular formula is C23H23N3O3S2. The summed E-state index contributed by atoms with van der Waals surface area (Å²) in [5.74, 6) is -0.209. The van der Waals surface area contributed by atoms with Gasteiger partial charge in [-0.15, -0.1) is 11.3 Å². The Morgan fingerprint density at radius 2 is 1.81 bits per heavy atom. The second-order valence-corrected chi connectivity index (χ2v) is 10.0. The third-order valence-corrected chi connectivity index (χ3v) is 7.70. The van der Waals surface area contributed by atoms with Crippen LogP contribution >= 0.6 is 11.3 Å². The van der Waals surface area contributed by atoms with Gasteiger partial charge in [0.15, 0.2) is 0 Å². The Morgan fingerprint density at radius 1 is 1.03 bits per heavy atom. The van der Waals surface area contributed by atoms with Crippen molar-refractivity contribution in [1.82, 2.24) is 5.43 Å². The molecule has 2 N–H and O–H groups in total.